The fourth-order valence-corrected chi connectivity index (χ4v) is 2.84. The standard InChI is InChI=1S/C18H20ClN3O3/c1-3-6-25-17-11(7-12(19)8-16(17)24-2)10-20-13-4-5-14-15(9-13)22-18(23)21-14/h4-5,7-9,20H,3,6,10H2,1-2H3,(H2,21,22,23). The molecule has 3 aromatic rings. The molecule has 0 aliphatic heterocycles. The minimum absolute atomic E-state index is 0.220. The molecule has 0 saturated heterocycles. The zero-order chi connectivity index (χ0) is 17.8. The van der Waals surface area contributed by atoms with E-state index in [4.69, 9.17) is 21.1 Å². The Hall–Kier alpha value is -2.60. The molecule has 0 saturated carbocycles. The number of hydrogen-bond acceptors (Lipinski definition) is 4. The van der Waals surface area contributed by atoms with Gasteiger partial charge in [0.2, 0.25) is 0 Å². The largest absolute Gasteiger partial charge is 0.493 e. The molecule has 0 atom stereocenters. The molecule has 0 radical (unpaired) electrons. The summed E-state index contributed by atoms with van der Waals surface area (Å²) in [6.07, 6.45) is 0.899. The van der Waals surface area contributed by atoms with Crippen LogP contribution in [0.15, 0.2) is 35.1 Å². The minimum atomic E-state index is -0.220. The number of benzene rings is 2. The van der Waals surface area contributed by atoms with E-state index in [1.54, 1.807) is 13.2 Å². The molecule has 0 amide bonds. The molecular weight excluding hydrogens is 342 g/mol. The smallest absolute Gasteiger partial charge is 0.323 e. The van der Waals surface area contributed by atoms with E-state index in [1.165, 1.54) is 0 Å². The van der Waals surface area contributed by atoms with E-state index in [0.717, 1.165) is 28.7 Å². The second kappa shape index (κ2) is 7.53. The van der Waals surface area contributed by atoms with Crippen molar-refractivity contribution < 1.29 is 9.47 Å². The van der Waals surface area contributed by atoms with E-state index >= 15 is 0 Å². The summed E-state index contributed by atoms with van der Waals surface area (Å²) < 4.78 is 11.2. The van der Waals surface area contributed by atoms with Gasteiger partial charge < -0.3 is 24.8 Å². The van der Waals surface area contributed by atoms with Crippen LogP contribution in [-0.4, -0.2) is 23.7 Å². The second-order valence-corrected chi connectivity index (χ2v) is 6.07. The predicted molar refractivity (Wildman–Crippen MR) is 100 cm³/mol. The highest BCUT2D eigenvalue weighted by Crippen LogP contribution is 2.35. The topological polar surface area (TPSA) is 79.1 Å². The fraction of sp³-hybridized carbons (Fsp3) is 0.278. The Bertz CT molecular complexity index is 933. The van der Waals surface area contributed by atoms with E-state index in [2.05, 4.69) is 15.3 Å². The molecule has 3 N–H and O–H groups in total. The molecule has 2 aromatic carbocycles. The van der Waals surface area contributed by atoms with Crippen LogP contribution in [0.2, 0.25) is 5.02 Å². The SMILES string of the molecule is CCCOc1c(CNc2ccc3[nH]c(=O)[nH]c3c2)cc(Cl)cc1OC. The highest BCUT2D eigenvalue weighted by atomic mass is 35.5. The van der Waals surface area contributed by atoms with Gasteiger partial charge in [-0.1, -0.05) is 18.5 Å². The third-order valence-corrected chi connectivity index (χ3v) is 3.98. The van der Waals surface area contributed by atoms with E-state index in [1.807, 2.05) is 31.2 Å². The molecule has 0 spiro atoms. The minimum Gasteiger partial charge on any atom is -0.493 e. The van der Waals surface area contributed by atoms with Gasteiger partial charge in [-0.25, -0.2) is 4.79 Å². The number of rotatable bonds is 7. The number of halogens is 1. The highest BCUT2D eigenvalue weighted by molar-refractivity contribution is 6.30. The van der Waals surface area contributed by atoms with Gasteiger partial charge in [-0.15, -0.1) is 0 Å². The molecule has 0 fully saturated rings. The Morgan fingerprint density at radius 1 is 1.16 bits per heavy atom. The van der Waals surface area contributed by atoms with Crippen LogP contribution in [0.25, 0.3) is 11.0 Å². The summed E-state index contributed by atoms with van der Waals surface area (Å²) in [7, 11) is 1.60. The Balaban J connectivity index is 1.85. The number of imidazole rings is 1. The first-order valence-corrected chi connectivity index (χ1v) is 8.43. The first kappa shape index (κ1) is 17.2. The molecule has 0 unspecified atom stereocenters. The van der Waals surface area contributed by atoms with Crippen molar-refractivity contribution in [2.24, 2.45) is 0 Å². The zero-order valence-corrected chi connectivity index (χ0v) is 14.9. The molecule has 0 aliphatic rings. The predicted octanol–water partition coefficient (Wildman–Crippen LogP) is 3.92. The maximum absolute atomic E-state index is 11.4. The Morgan fingerprint density at radius 3 is 2.72 bits per heavy atom. The lowest BCUT2D eigenvalue weighted by molar-refractivity contribution is 0.291. The first-order chi connectivity index (χ1) is 12.1. The molecule has 25 heavy (non-hydrogen) atoms. The van der Waals surface area contributed by atoms with Crippen LogP contribution >= 0.6 is 11.6 Å². The van der Waals surface area contributed by atoms with Crippen LogP contribution in [0, 0.1) is 0 Å². The molecular formula is C18H20ClN3O3. The Morgan fingerprint density at radius 2 is 1.96 bits per heavy atom. The van der Waals surface area contributed by atoms with E-state index < -0.39 is 0 Å². The van der Waals surface area contributed by atoms with Gasteiger partial charge in [0.25, 0.3) is 0 Å². The maximum Gasteiger partial charge on any atom is 0.323 e. The highest BCUT2D eigenvalue weighted by Gasteiger charge is 2.13. The Labute approximate surface area is 150 Å². The number of methoxy groups -OCH3 is 1. The molecule has 6 nitrogen and oxygen atoms in total. The van der Waals surface area contributed by atoms with Crippen LogP contribution in [0.5, 0.6) is 11.5 Å². The van der Waals surface area contributed by atoms with Crippen LogP contribution < -0.4 is 20.5 Å². The van der Waals surface area contributed by atoms with Crippen molar-refractivity contribution in [2.45, 2.75) is 19.9 Å². The van der Waals surface area contributed by atoms with Gasteiger partial charge in [-0.3, -0.25) is 0 Å². The first-order valence-electron chi connectivity index (χ1n) is 8.06. The van der Waals surface area contributed by atoms with Gasteiger partial charge in [-0.05, 0) is 30.7 Å². The third kappa shape index (κ3) is 3.91. The van der Waals surface area contributed by atoms with Crippen molar-refractivity contribution in [1.29, 1.82) is 0 Å². The third-order valence-electron chi connectivity index (χ3n) is 3.77. The van der Waals surface area contributed by atoms with Crippen molar-refractivity contribution in [3.8, 4) is 11.5 Å². The summed E-state index contributed by atoms with van der Waals surface area (Å²) in [6, 6.07) is 9.23. The van der Waals surface area contributed by atoms with Gasteiger partial charge in [-0.2, -0.15) is 0 Å². The van der Waals surface area contributed by atoms with Crippen molar-refractivity contribution in [1.82, 2.24) is 9.97 Å². The van der Waals surface area contributed by atoms with E-state index in [0.29, 0.717) is 29.7 Å². The second-order valence-electron chi connectivity index (χ2n) is 5.64. The van der Waals surface area contributed by atoms with Gasteiger partial charge in [0.15, 0.2) is 11.5 Å². The van der Waals surface area contributed by atoms with Crippen LogP contribution in [0.4, 0.5) is 5.69 Å². The van der Waals surface area contributed by atoms with Gasteiger partial charge in [0.1, 0.15) is 0 Å². The number of hydrogen-bond donors (Lipinski definition) is 3. The number of nitrogens with one attached hydrogen (secondary N) is 3. The van der Waals surface area contributed by atoms with E-state index in [-0.39, 0.29) is 5.69 Å². The lowest BCUT2D eigenvalue weighted by Crippen LogP contribution is -2.06. The van der Waals surface area contributed by atoms with Gasteiger partial charge >= 0.3 is 5.69 Å². The number of aromatic amines is 2. The average Bonchev–Trinajstić information content (AvgIpc) is 2.97. The number of aromatic nitrogens is 2. The molecule has 132 valence electrons. The van der Waals surface area contributed by atoms with Crippen molar-refractivity contribution in [3.63, 3.8) is 0 Å². The molecule has 3 rings (SSSR count). The molecule has 0 bridgehead atoms. The van der Waals surface area contributed by atoms with Crippen molar-refractivity contribution >= 4 is 28.3 Å². The van der Waals surface area contributed by atoms with Crippen molar-refractivity contribution in [3.05, 3.63) is 51.4 Å². The zero-order valence-electron chi connectivity index (χ0n) is 14.1. The summed E-state index contributed by atoms with van der Waals surface area (Å²) >= 11 is 6.19. The van der Waals surface area contributed by atoms with Crippen LogP contribution in [0.1, 0.15) is 18.9 Å². The van der Waals surface area contributed by atoms with Crippen LogP contribution in [0.3, 0.4) is 0 Å². The average molecular weight is 362 g/mol. The fourth-order valence-electron chi connectivity index (χ4n) is 2.61. The monoisotopic (exact) mass is 361 g/mol. The number of ether oxygens (including phenoxy) is 2. The van der Waals surface area contributed by atoms with Gasteiger partial charge in [0, 0.05) is 28.9 Å². The quantitative estimate of drug-likeness (QED) is 0.596. The molecule has 1 aromatic heterocycles. The normalized spacial score (nSPS) is 10.8. The molecule has 0 aliphatic carbocycles. The number of anilines is 1. The maximum atomic E-state index is 11.4. The summed E-state index contributed by atoms with van der Waals surface area (Å²) in [5, 5.41) is 3.91. The van der Waals surface area contributed by atoms with Crippen LogP contribution in [-0.2, 0) is 6.54 Å². The summed E-state index contributed by atoms with van der Waals surface area (Å²) in [5.41, 5.74) is 3.08. The summed E-state index contributed by atoms with van der Waals surface area (Å²) in [6.45, 7) is 3.16. The Kier molecular flexibility index (Phi) is 5.19. The lowest BCUT2D eigenvalue weighted by Gasteiger charge is -2.16. The lowest BCUT2D eigenvalue weighted by atomic mass is 10.1. The molecule has 1 heterocycles. The van der Waals surface area contributed by atoms with E-state index in [9.17, 15) is 4.79 Å². The van der Waals surface area contributed by atoms with Crippen molar-refractivity contribution in [2.75, 3.05) is 19.0 Å². The number of H-pyrrole nitrogens is 2. The summed E-state index contributed by atoms with van der Waals surface area (Å²) in [5.74, 6) is 1.31. The summed E-state index contributed by atoms with van der Waals surface area (Å²) in [4.78, 5) is 16.8. The van der Waals surface area contributed by atoms with Gasteiger partial charge in [0.05, 0.1) is 24.8 Å². The molecule has 7 heteroatoms. The number of fused-ring (bicyclic) bond motifs is 1.